The fraction of sp³-hybridized carbons (Fsp3) is 0.444. The van der Waals surface area contributed by atoms with Gasteiger partial charge in [-0.15, -0.1) is 0 Å². The maximum absolute atomic E-state index is 11.4. The van der Waals surface area contributed by atoms with E-state index in [1.807, 2.05) is 0 Å². The van der Waals surface area contributed by atoms with Crippen molar-refractivity contribution in [2.24, 2.45) is 0 Å². The van der Waals surface area contributed by atoms with Crippen LogP contribution in [0.25, 0.3) is 0 Å². The highest BCUT2D eigenvalue weighted by molar-refractivity contribution is 5.96. The minimum absolute atomic E-state index is 0.170. The molecule has 2 atom stereocenters. The Balaban J connectivity index is 2.10. The van der Waals surface area contributed by atoms with E-state index in [0.717, 1.165) is 0 Å². The number of hydrogen-bond acceptors (Lipinski definition) is 5. The smallest absolute Gasteiger partial charge is 0.279 e. The fourth-order valence-corrected chi connectivity index (χ4v) is 1.61. The van der Waals surface area contributed by atoms with Crippen molar-refractivity contribution in [3.63, 3.8) is 0 Å². The predicted octanol–water partition coefficient (Wildman–Crippen LogP) is 0.0827. The standard InChI is InChI=1S/C9H8O5/c10-6-1-2-9-8(11-3-4-12-9)5-7(6)13-14-9/h1-2,5,7H,3-4H2. The van der Waals surface area contributed by atoms with Crippen molar-refractivity contribution < 1.29 is 24.0 Å². The summed E-state index contributed by atoms with van der Waals surface area (Å²) in [7, 11) is 0. The van der Waals surface area contributed by atoms with Crippen LogP contribution in [0.1, 0.15) is 0 Å². The summed E-state index contributed by atoms with van der Waals surface area (Å²) in [5.74, 6) is -0.806. The molecule has 1 fully saturated rings. The Kier molecular flexibility index (Phi) is 1.55. The molecule has 74 valence electrons. The van der Waals surface area contributed by atoms with Gasteiger partial charge in [0.2, 0.25) is 0 Å². The minimum Gasteiger partial charge on any atom is -0.490 e. The van der Waals surface area contributed by atoms with Gasteiger partial charge in [0, 0.05) is 0 Å². The van der Waals surface area contributed by atoms with E-state index in [9.17, 15) is 4.79 Å². The first kappa shape index (κ1) is 8.16. The minimum atomic E-state index is -1.14. The normalized spacial score (nSPS) is 39.9. The quantitative estimate of drug-likeness (QED) is 0.513. The van der Waals surface area contributed by atoms with Crippen LogP contribution in [-0.2, 0) is 24.0 Å². The lowest BCUT2D eigenvalue weighted by Gasteiger charge is -2.37. The molecule has 4 aliphatic rings. The highest BCUT2D eigenvalue weighted by atomic mass is 17.2. The lowest BCUT2D eigenvalue weighted by molar-refractivity contribution is -0.428. The van der Waals surface area contributed by atoms with E-state index in [1.165, 1.54) is 12.2 Å². The molecule has 0 aromatic carbocycles. The van der Waals surface area contributed by atoms with Crippen LogP contribution in [0.15, 0.2) is 24.0 Å². The number of rotatable bonds is 0. The van der Waals surface area contributed by atoms with Gasteiger partial charge in [-0.2, -0.15) is 4.89 Å². The maximum Gasteiger partial charge on any atom is 0.279 e. The third-order valence-corrected chi connectivity index (χ3v) is 2.33. The number of hydrogen-bond donors (Lipinski definition) is 0. The van der Waals surface area contributed by atoms with Gasteiger partial charge in [-0.3, -0.25) is 4.79 Å². The van der Waals surface area contributed by atoms with Crippen LogP contribution in [0.3, 0.4) is 0 Å². The van der Waals surface area contributed by atoms with Crippen molar-refractivity contribution in [2.45, 2.75) is 11.9 Å². The first-order chi connectivity index (χ1) is 6.80. The zero-order valence-corrected chi connectivity index (χ0v) is 7.26. The second-order valence-corrected chi connectivity index (χ2v) is 3.23. The summed E-state index contributed by atoms with van der Waals surface area (Å²) in [6.07, 6.45) is 3.80. The molecule has 0 amide bonds. The summed E-state index contributed by atoms with van der Waals surface area (Å²) >= 11 is 0. The zero-order chi connectivity index (χ0) is 9.60. The van der Waals surface area contributed by atoms with E-state index < -0.39 is 11.9 Å². The Bertz CT molecular complexity index is 345. The summed E-state index contributed by atoms with van der Waals surface area (Å²) in [5.41, 5.74) is 0. The lowest BCUT2D eigenvalue weighted by Crippen LogP contribution is -2.45. The molecule has 1 aliphatic carbocycles. The van der Waals surface area contributed by atoms with Crippen LogP contribution in [-0.4, -0.2) is 30.9 Å². The van der Waals surface area contributed by atoms with Crippen LogP contribution in [0.5, 0.6) is 0 Å². The van der Waals surface area contributed by atoms with E-state index >= 15 is 0 Å². The van der Waals surface area contributed by atoms with Gasteiger partial charge < -0.3 is 9.47 Å². The topological polar surface area (TPSA) is 54.0 Å². The highest BCUT2D eigenvalue weighted by Crippen LogP contribution is 2.36. The molecule has 1 saturated heterocycles. The van der Waals surface area contributed by atoms with Gasteiger partial charge in [-0.1, -0.05) is 0 Å². The van der Waals surface area contributed by atoms with Crippen molar-refractivity contribution in [3.05, 3.63) is 24.0 Å². The molecule has 2 bridgehead atoms. The summed E-state index contributed by atoms with van der Waals surface area (Å²) in [6, 6.07) is 0. The van der Waals surface area contributed by atoms with E-state index in [1.54, 1.807) is 6.08 Å². The van der Waals surface area contributed by atoms with E-state index in [4.69, 9.17) is 19.2 Å². The number of ether oxygens (including phenoxy) is 2. The van der Waals surface area contributed by atoms with Crippen LogP contribution in [0.2, 0.25) is 0 Å². The predicted molar refractivity (Wildman–Crippen MR) is 42.8 cm³/mol. The third kappa shape index (κ3) is 0.971. The molecule has 14 heavy (non-hydrogen) atoms. The molecular weight excluding hydrogens is 188 g/mol. The number of carbonyl (C=O) groups excluding carboxylic acids is 1. The van der Waals surface area contributed by atoms with Gasteiger partial charge in [-0.05, 0) is 18.2 Å². The fourth-order valence-electron chi connectivity index (χ4n) is 1.61. The van der Waals surface area contributed by atoms with Crippen LogP contribution in [0.4, 0.5) is 0 Å². The van der Waals surface area contributed by atoms with Crippen LogP contribution >= 0.6 is 0 Å². The highest BCUT2D eigenvalue weighted by Gasteiger charge is 2.47. The van der Waals surface area contributed by atoms with Crippen molar-refractivity contribution in [3.8, 4) is 0 Å². The number of carbonyl (C=O) groups is 1. The molecule has 3 heterocycles. The molecule has 0 saturated carbocycles. The SMILES string of the molecule is O=C1C=CC23OCCOC2=CC1OO3. The molecule has 1 spiro atoms. The van der Waals surface area contributed by atoms with E-state index in [-0.39, 0.29) is 5.78 Å². The molecule has 5 heteroatoms. The Morgan fingerprint density at radius 1 is 1.43 bits per heavy atom. The van der Waals surface area contributed by atoms with Gasteiger partial charge in [0.1, 0.15) is 6.61 Å². The average molecular weight is 196 g/mol. The van der Waals surface area contributed by atoms with Crippen molar-refractivity contribution in [1.82, 2.24) is 0 Å². The van der Waals surface area contributed by atoms with E-state index in [0.29, 0.717) is 19.0 Å². The van der Waals surface area contributed by atoms with Crippen molar-refractivity contribution in [1.29, 1.82) is 0 Å². The van der Waals surface area contributed by atoms with Crippen molar-refractivity contribution in [2.75, 3.05) is 13.2 Å². The molecule has 0 radical (unpaired) electrons. The molecule has 3 aliphatic heterocycles. The van der Waals surface area contributed by atoms with Crippen LogP contribution in [0, 0.1) is 0 Å². The monoisotopic (exact) mass is 196 g/mol. The van der Waals surface area contributed by atoms with Crippen molar-refractivity contribution >= 4 is 5.78 Å². The number of ketones is 1. The maximum atomic E-state index is 11.4. The average Bonchev–Trinajstić information content (AvgIpc) is 2.46. The molecule has 2 unspecified atom stereocenters. The third-order valence-electron chi connectivity index (χ3n) is 2.33. The summed E-state index contributed by atoms with van der Waals surface area (Å²) in [4.78, 5) is 21.3. The number of fused-ring (bicyclic) bond motifs is 2. The van der Waals surface area contributed by atoms with Gasteiger partial charge in [0.25, 0.3) is 5.79 Å². The summed E-state index contributed by atoms with van der Waals surface area (Å²) < 4.78 is 10.8. The van der Waals surface area contributed by atoms with Gasteiger partial charge >= 0.3 is 0 Å². The molecule has 0 N–H and O–H groups in total. The first-order valence-corrected chi connectivity index (χ1v) is 4.37. The Hall–Kier alpha value is -1.17. The summed E-state index contributed by atoms with van der Waals surface area (Å²) in [5, 5.41) is 0. The lowest BCUT2D eigenvalue weighted by atomic mass is 10.2. The molecule has 5 nitrogen and oxygen atoms in total. The molecule has 0 aromatic heterocycles. The second kappa shape index (κ2) is 2.66. The van der Waals surface area contributed by atoms with Gasteiger partial charge in [0.05, 0.1) is 6.61 Å². The second-order valence-electron chi connectivity index (χ2n) is 3.23. The Morgan fingerprint density at radius 2 is 2.36 bits per heavy atom. The summed E-state index contributed by atoms with van der Waals surface area (Å²) in [6.45, 7) is 0.871. The van der Waals surface area contributed by atoms with Gasteiger partial charge in [0.15, 0.2) is 17.6 Å². The van der Waals surface area contributed by atoms with Gasteiger partial charge in [-0.25, -0.2) is 4.89 Å². The Morgan fingerprint density at radius 3 is 3.29 bits per heavy atom. The molecule has 0 aromatic rings. The Labute approximate surface area is 79.8 Å². The molecular formula is C9H8O5. The first-order valence-electron chi connectivity index (χ1n) is 4.37. The van der Waals surface area contributed by atoms with E-state index in [2.05, 4.69) is 0 Å². The largest absolute Gasteiger partial charge is 0.490 e. The molecule has 4 rings (SSSR count). The zero-order valence-electron chi connectivity index (χ0n) is 7.26. The van der Waals surface area contributed by atoms with Crippen LogP contribution < -0.4 is 0 Å².